The summed E-state index contributed by atoms with van der Waals surface area (Å²) in [5.41, 5.74) is -3.59. The number of methoxy groups -OCH3 is 1. The molecule has 0 radical (unpaired) electrons. The SMILES string of the molecule is C=CC(C)(C)C(C#N)(C#N)C(c1ccccc1OC)P(=O)(OC)OC. The number of hydrogen-bond donors (Lipinski definition) is 0. The Bertz CT molecular complexity index is 739. The molecule has 0 heterocycles. The third-order valence-corrected chi connectivity index (χ3v) is 6.86. The van der Waals surface area contributed by atoms with Gasteiger partial charge in [0.2, 0.25) is 0 Å². The minimum atomic E-state index is -3.89. The van der Waals surface area contributed by atoms with Crippen LogP contribution in [0.1, 0.15) is 25.1 Å². The zero-order valence-corrected chi connectivity index (χ0v) is 16.0. The van der Waals surface area contributed by atoms with Gasteiger partial charge in [0, 0.05) is 25.2 Å². The number of allylic oxidation sites excluding steroid dienone is 1. The molecule has 1 unspecified atom stereocenters. The van der Waals surface area contributed by atoms with Gasteiger partial charge in [0.1, 0.15) is 11.4 Å². The van der Waals surface area contributed by atoms with Gasteiger partial charge in [-0.05, 0) is 6.07 Å². The van der Waals surface area contributed by atoms with Crippen LogP contribution in [0.2, 0.25) is 0 Å². The third kappa shape index (κ3) is 3.34. The Balaban J connectivity index is 3.98. The molecule has 1 aromatic carbocycles. The van der Waals surface area contributed by atoms with Gasteiger partial charge < -0.3 is 13.8 Å². The molecule has 0 aliphatic rings. The molecule has 6 nitrogen and oxygen atoms in total. The molecule has 7 heteroatoms. The Kier molecular flexibility index (Phi) is 6.57. The van der Waals surface area contributed by atoms with Gasteiger partial charge in [-0.1, -0.05) is 38.1 Å². The molecule has 25 heavy (non-hydrogen) atoms. The second kappa shape index (κ2) is 7.85. The standard InChI is InChI=1S/C18H23N2O4P/c1-7-17(2,3)18(12-19,13-20)16(25(21,23-5)24-6)14-10-8-9-11-15(14)22-4/h7-11,16H,1H2,2-6H3. The maximum atomic E-state index is 13.4. The van der Waals surface area contributed by atoms with E-state index in [1.807, 2.05) is 0 Å². The Morgan fingerprint density at radius 1 is 1.16 bits per heavy atom. The summed E-state index contributed by atoms with van der Waals surface area (Å²) in [6.07, 6.45) is 1.50. The predicted octanol–water partition coefficient (Wildman–Crippen LogP) is 4.47. The summed E-state index contributed by atoms with van der Waals surface area (Å²) in [6.45, 7) is 7.11. The Morgan fingerprint density at radius 3 is 2.08 bits per heavy atom. The van der Waals surface area contributed by atoms with Gasteiger partial charge in [-0.3, -0.25) is 4.57 Å². The quantitative estimate of drug-likeness (QED) is 0.500. The molecule has 0 aliphatic heterocycles. The smallest absolute Gasteiger partial charge is 0.340 e. The summed E-state index contributed by atoms with van der Waals surface area (Å²) < 4.78 is 29.2. The summed E-state index contributed by atoms with van der Waals surface area (Å²) in [6, 6.07) is 10.9. The van der Waals surface area contributed by atoms with Gasteiger partial charge in [0.25, 0.3) is 0 Å². The second-order valence-electron chi connectivity index (χ2n) is 6.01. The highest BCUT2D eigenvalue weighted by atomic mass is 31.2. The topological polar surface area (TPSA) is 92.3 Å². The molecule has 1 aromatic rings. The van der Waals surface area contributed by atoms with E-state index in [2.05, 4.69) is 18.7 Å². The van der Waals surface area contributed by atoms with E-state index in [9.17, 15) is 15.1 Å². The summed E-state index contributed by atoms with van der Waals surface area (Å²) in [5.74, 6) is 0.386. The van der Waals surface area contributed by atoms with Crippen LogP contribution < -0.4 is 4.74 Å². The van der Waals surface area contributed by atoms with Gasteiger partial charge in [-0.15, -0.1) is 6.58 Å². The van der Waals surface area contributed by atoms with E-state index in [1.165, 1.54) is 27.4 Å². The first-order chi connectivity index (χ1) is 11.7. The van der Waals surface area contributed by atoms with Gasteiger partial charge in [0.05, 0.1) is 19.2 Å². The highest BCUT2D eigenvalue weighted by Gasteiger charge is 2.60. The van der Waals surface area contributed by atoms with E-state index in [1.54, 1.807) is 38.1 Å². The fourth-order valence-corrected chi connectivity index (χ4v) is 4.81. The van der Waals surface area contributed by atoms with Crippen LogP contribution in [0, 0.1) is 33.5 Å². The molecule has 0 saturated heterocycles. The van der Waals surface area contributed by atoms with E-state index >= 15 is 0 Å². The average molecular weight is 362 g/mol. The first kappa shape index (κ1) is 20.9. The molecular weight excluding hydrogens is 339 g/mol. The molecule has 0 amide bonds. The van der Waals surface area contributed by atoms with Crippen molar-refractivity contribution >= 4 is 7.60 Å². The second-order valence-corrected chi connectivity index (χ2v) is 8.33. The Hall–Kier alpha value is -2.11. The summed E-state index contributed by atoms with van der Waals surface area (Å²) in [7, 11) is 0.0261. The van der Waals surface area contributed by atoms with Crippen molar-refractivity contribution in [3.8, 4) is 17.9 Å². The summed E-state index contributed by atoms with van der Waals surface area (Å²) >= 11 is 0. The molecule has 0 aromatic heterocycles. The third-order valence-electron chi connectivity index (χ3n) is 4.55. The van der Waals surface area contributed by atoms with Gasteiger partial charge in [-0.25, -0.2) is 0 Å². The first-order valence-corrected chi connectivity index (χ1v) is 9.15. The van der Waals surface area contributed by atoms with Crippen molar-refractivity contribution in [2.75, 3.05) is 21.3 Å². The zero-order valence-electron chi connectivity index (χ0n) is 15.1. The minimum absolute atomic E-state index is 0.386. The van der Waals surface area contributed by atoms with E-state index in [0.29, 0.717) is 11.3 Å². The molecule has 1 atom stereocenters. The van der Waals surface area contributed by atoms with Crippen LogP contribution in [0.5, 0.6) is 5.75 Å². The van der Waals surface area contributed by atoms with Crippen molar-refractivity contribution in [1.82, 2.24) is 0 Å². The molecule has 0 aliphatic carbocycles. The maximum absolute atomic E-state index is 13.4. The van der Waals surface area contributed by atoms with Crippen LogP contribution in [-0.4, -0.2) is 21.3 Å². The van der Waals surface area contributed by atoms with Crippen LogP contribution in [0.4, 0.5) is 0 Å². The molecular formula is C18H23N2O4P. The van der Waals surface area contributed by atoms with Crippen molar-refractivity contribution in [1.29, 1.82) is 10.5 Å². The lowest BCUT2D eigenvalue weighted by Crippen LogP contribution is -2.40. The van der Waals surface area contributed by atoms with E-state index < -0.39 is 24.1 Å². The Labute approximate surface area is 149 Å². The minimum Gasteiger partial charge on any atom is -0.496 e. The molecule has 1 rings (SSSR count). The number of para-hydroxylation sites is 1. The van der Waals surface area contributed by atoms with E-state index in [4.69, 9.17) is 13.8 Å². The average Bonchev–Trinajstić information content (AvgIpc) is 2.65. The molecule has 0 N–H and O–H groups in total. The molecule has 0 saturated carbocycles. The van der Waals surface area contributed by atoms with Crippen LogP contribution in [-0.2, 0) is 13.6 Å². The number of benzene rings is 1. The first-order valence-electron chi connectivity index (χ1n) is 7.53. The van der Waals surface area contributed by atoms with Crippen LogP contribution in [0.15, 0.2) is 36.9 Å². The fourth-order valence-electron chi connectivity index (χ4n) is 2.77. The fraction of sp³-hybridized carbons (Fsp3) is 0.444. The predicted molar refractivity (Wildman–Crippen MR) is 95.0 cm³/mol. The highest BCUT2D eigenvalue weighted by Crippen LogP contribution is 2.70. The van der Waals surface area contributed by atoms with E-state index in [0.717, 1.165) is 0 Å². The number of nitrogens with zero attached hydrogens (tertiary/aromatic N) is 2. The van der Waals surface area contributed by atoms with Gasteiger partial charge in [-0.2, -0.15) is 10.5 Å². The normalized spacial score (nSPS) is 13.4. The number of hydrogen-bond acceptors (Lipinski definition) is 6. The highest BCUT2D eigenvalue weighted by molar-refractivity contribution is 7.54. The van der Waals surface area contributed by atoms with Crippen LogP contribution >= 0.6 is 7.60 Å². The zero-order chi connectivity index (χ0) is 19.3. The lowest BCUT2D eigenvalue weighted by atomic mass is 9.64. The van der Waals surface area contributed by atoms with E-state index in [-0.39, 0.29) is 0 Å². The van der Waals surface area contributed by atoms with Crippen molar-refractivity contribution in [2.24, 2.45) is 10.8 Å². The monoisotopic (exact) mass is 362 g/mol. The summed E-state index contributed by atoms with van der Waals surface area (Å²) in [5, 5.41) is 20.0. The van der Waals surface area contributed by atoms with Gasteiger partial charge >= 0.3 is 7.60 Å². The van der Waals surface area contributed by atoms with Crippen molar-refractivity contribution in [3.63, 3.8) is 0 Å². The lowest BCUT2D eigenvalue weighted by Gasteiger charge is -2.42. The van der Waals surface area contributed by atoms with Crippen molar-refractivity contribution < 1.29 is 18.3 Å². The number of rotatable bonds is 8. The largest absolute Gasteiger partial charge is 0.496 e. The molecule has 0 spiro atoms. The lowest BCUT2D eigenvalue weighted by molar-refractivity contribution is 0.199. The number of ether oxygens (including phenoxy) is 1. The number of nitriles is 2. The van der Waals surface area contributed by atoms with Gasteiger partial charge in [0.15, 0.2) is 5.41 Å². The molecule has 0 bridgehead atoms. The van der Waals surface area contributed by atoms with Crippen molar-refractivity contribution in [2.45, 2.75) is 19.5 Å². The van der Waals surface area contributed by atoms with Crippen molar-refractivity contribution in [3.05, 3.63) is 42.5 Å². The van der Waals surface area contributed by atoms with Crippen LogP contribution in [0.3, 0.4) is 0 Å². The molecule has 134 valence electrons. The molecule has 0 fully saturated rings. The summed E-state index contributed by atoms with van der Waals surface area (Å²) in [4.78, 5) is 0. The maximum Gasteiger partial charge on any atom is 0.340 e. The van der Waals surface area contributed by atoms with Crippen LogP contribution in [0.25, 0.3) is 0 Å². The Morgan fingerprint density at radius 2 is 1.68 bits per heavy atom.